The highest BCUT2D eigenvalue weighted by Gasteiger charge is 2.30. The number of carbonyl (C=O) groups excluding carboxylic acids is 1. The van der Waals surface area contributed by atoms with Gasteiger partial charge < -0.3 is 19.3 Å². The number of nitrogens with zero attached hydrogens (tertiary/aromatic N) is 2. The van der Waals surface area contributed by atoms with Crippen molar-refractivity contribution in [2.24, 2.45) is 0 Å². The second kappa shape index (κ2) is 11.3. The predicted octanol–water partition coefficient (Wildman–Crippen LogP) is 7.38. The summed E-state index contributed by atoms with van der Waals surface area (Å²) in [6, 6.07) is 15.2. The normalized spacial score (nSPS) is 14.4. The van der Waals surface area contributed by atoms with Crippen LogP contribution in [0.1, 0.15) is 34.0 Å². The van der Waals surface area contributed by atoms with Gasteiger partial charge in [0.2, 0.25) is 5.95 Å². The van der Waals surface area contributed by atoms with Crippen LogP contribution in [0.4, 0.5) is 23.9 Å². The summed E-state index contributed by atoms with van der Waals surface area (Å²) in [5.74, 6) is 0.450. The van der Waals surface area contributed by atoms with E-state index in [1.54, 1.807) is 12.1 Å². The lowest BCUT2D eigenvalue weighted by Gasteiger charge is -2.25. The molecule has 2 heterocycles. The van der Waals surface area contributed by atoms with Crippen LogP contribution >= 0.6 is 11.6 Å². The third kappa shape index (κ3) is 6.49. The summed E-state index contributed by atoms with van der Waals surface area (Å²) in [6.07, 6.45) is -4.83. The fraction of sp³-hybridized carbons (Fsp3) is 0.143. The molecule has 5 rings (SSSR count). The van der Waals surface area contributed by atoms with E-state index < -0.39 is 29.9 Å². The highest BCUT2D eigenvalue weighted by atomic mass is 35.5. The third-order valence-electron chi connectivity index (χ3n) is 6.03. The maximum atomic E-state index is 12.8. The maximum Gasteiger partial charge on any atom is 0.506 e. The molecule has 3 aromatic carbocycles. The highest BCUT2D eigenvalue weighted by Crippen LogP contribution is 2.42. The molecular weight excluding hydrogens is 567 g/mol. The van der Waals surface area contributed by atoms with Crippen molar-refractivity contribution in [3.63, 3.8) is 0 Å². The quantitative estimate of drug-likeness (QED) is 0.225. The number of aromatic nitrogens is 2. The Bertz CT molecular complexity index is 1600. The zero-order valence-corrected chi connectivity index (χ0v) is 21.6. The van der Waals surface area contributed by atoms with E-state index in [1.165, 1.54) is 48.7 Å². The van der Waals surface area contributed by atoms with Gasteiger partial charge in [0.15, 0.2) is 0 Å². The monoisotopic (exact) mass is 585 g/mol. The lowest BCUT2D eigenvalue weighted by atomic mass is 10.0. The molecular formula is C28H19ClF3N3O6. The van der Waals surface area contributed by atoms with Crippen molar-refractivity contribution >= 4 is 29.6 Å². The van der Waals surface area contributed by atoms with Gasteiger partial charge in [-0.25, -0.2) is 14.8 Å². The predicted molar refractivity (Wildman–Crippen MR) is 140 cm³/mol. The van der Waals surface area contributed by atoms with Gasteiger partial charge in [-0.05, 0) is 48.5 Å². The average Bonchev–Trinajstić information content (AvgIpc) is 2.94. The molecule has 4 aromatic rings. The number of halogens is 4. The molecule has 9 nitrogen and oxygen atoms in total. The van der Waals surface area contributed by atoms with Gasteiger partial charge in [0.25, 0.3) is 5.91 Å². The number of alkyl halides is 3. The number of hydrogen-bond donors (Lipinski definition) is 2. The summed E-state index contributed by atoms with van der Waals surface area (Å²) in [7, 11) is 0. The largest absolute Gasteiger partial charge is 0.506 e. The van der Waals surface area contributed by atoms with Crippen LogP contribution in [0.25, 0.3) is 11.3 Å². The summed E-state index contributed by atoms with van der Waals surface area (Å²) in [6.45, 7) is 0.257. The fourth-order valence-corrected chi connectivity index (χ4v) is 4.28. The number of carboxylic acid groups (broad SMARTS) is 1. The van der Waals surface area contributed by atoms with Crippen molar-refractivity contribution < 1.29 is 42.1 Å². The Morgan fingerprint density at radius 2 is 1.78 bits per heavy atom. The van der Waals surface area contributed by atoms with E-state index in [4.69, 9.17) is 30.9 Å². The number of fused-ring (bicyclic) bond motifs is 1. The van der Waals surface area contributed by atoms with Gasteiger partial charge in [0.05, 0.1) is 22.9 Å². The molecule has 2 N–H and O–H groups in total. The fourth-order valence-electron chi connectivity index (χ4n) is 4.07. The minimum Gasteiger partial charge on any atom is -0.493 e. The third-order valence-corrected chi connectivity index (χ3v) is 6.32. The summed E-state index contributed by atoms with van der Waals surface area (Å²) >= 11 is 6.36. The van der Waals surface area contributed by atoms with Gasteiger partial charge in [0.1, 0.15) is 23.4 Å². The van der Waals surface area contributed by atoms with Gasteiger partial charge in [-0.2, -0.15) is 13.2 Å². The second-order valence-electron chi connectivity index (χ2n) is 8.75. The first-order valence-corrected chi connectivity index (χ1v) is 12.4. The standard InChI is InChI=1S/C28H19ClF3N3O6/c29-20-13-19-22(41-27(37)38)10-12-39-23(19)14-24(20)40-18-7-3-16(4-8-18)25(36)35-26-33-11-9-21(34-26)15-1-5-17(6-2-15)28(30,31)32/h1-9,11,13-14,22H,10,12H2,(H,37,38)(H,33,34,35,36). The van der Waals surface area contributed by atoms with Crippen molar-refractivity contribution in [3.8, 4) is 28.5 Å². The van der Waals surface area contributed by atoms with Crippen LogP contribution in [0.3, 0.4) is 0 Å². The van der Waals surface area contributed by atoms with Crippen molar-refractivity contribution in [1.82, 2.24) is 9.97 Å². The minimum absolute atomic E-state index is 0.0289. The molecule has 0 bridgehead atoms. The van der Waals surface area contributed by atoms with Gasteiger partial charge in [-0.1, -0.05) is 23.7 Å². The van der Waals surface area contributed by atoms with Crippen LogP contribution in [0, 0.1) is 0 Å². The molecule has 41 heavy (non-hydrogen) atoms. The van der Waals surface area contributed by atoms with Gasteiger partial charge >= 0.3 is 12.3 Å². The Morgan fingerprint density at radius 1 is 1.05 bits per heavy atom. The summed E-state index contributed by atoms with van der Waals surface area (Å²) < 4.78 is 54.9. The zero-order chi connectivity index (χ0) is 29.1. The Kier molecular flexibility index (Phi) is 7.66. The molecule has 0 spiro atoms. The van der Waals surface area contributed by atoms with Gasteiger partial charge in [-0.3, -0.25) is 10.1 Å². The molecule has 1 unspecified atom stereocenters. The molecule has 0 fully saturated rings. The number of anilines is 1. The number of carbonyl (C=O) groups is 2. The molecule has 0 radical (unpaired) electrons. The van der Waals surface area contributed by atoms with E-state index in [9.17, 15) is 22.8 Å². The van der Waals surface area contributed by atoms with E-state index in [0.717, 1.165) is 12.1 Å². The first-order valence-electron chi connectivity index (χ1n) is 12.0. The van der Waals surface area contributed by atoms with E-state index in [1.807, 2.05) is 0 Å². The Balaban J connectivity index is 1.26. The van der Waals surface area contributed by atoms with Crippen LogP contribution in [-0.4, -0.2) is 33.7 Å². The smallest absolute Gasteiger partial charge is 0.493 e. The SMILES string of the molecule is O=C(O)OC1CCOc2cc(Oc3ccc(C(=O)Nc4nccc(-c5ccc(C(F)(F)F)cc5)n4)cc3)c(Cl)cc21. The number of ether oxygens (including phenoxy) is 3. The first kappa shape index (κ1) is 27.7. The molecule has 210 valence electrons. The van der Waals surface area contributed by atoms with Crippen LogP contribution < -0.4 is 14.8 Å². The maximum absolute atomic E-state index is 12.8. The summed E-state index contributed by atoms with van der Waals surface area (Å²) in [4.78, 5) is 32.0. The van der Waals surface area contributed by atoms with Crippen LogP contribution in [-0.2, 0) is 10.9 Å². The van der Waals surface area contributed by atoms with Crippen molar-refractivity contribution in [3.05, 3.63) is 94.6 Å². The topological polar surface area (TPSA) is 120 Å². The molecule has 1 atom stereocenters. The van der Waals surface area contributed by atoms with Crippen molar-refractivity contribution in [2.75, 3.05) is 11.9 Å². The van der Waals surface area contributed by atoms with E-state index in [-0.39, 0.29) is 28.9 Å². The molecule has 0 aliphatic carbocycles. The van der Waals surface area contributed by atoms with E-state index in [2.05, 4.69) is 15.3 Å². The summed E-state index contributed by atoms with van der Waals surface area (Å²) in [5.41, 5.74) is 0.729. The Hall–Kier alpha value is -4.84. The molecule has 1 aliphatic rings. The Morgan fingerprint density at radius 3 is 2.46 bits per heavy atom. The molecule has 0 saturated carbocycles. The second-order valence-corrected chi connectivity index (χ2v) is 9.16. The average molecular weight is 586 g/mol. The number of nitrogens with one attached hydrogen (secondary N) is 1. The molecule has 1 aliphatic heterocycles. The van der Waals surface area contributed by atoms with Crippen molar-refractivity contribution in [1.29, 1.82) is 0 Å². The molecule has 1 amide bonds. The highest BCUT2D eigenvalue weighted by molar-refractivity contribution is 6.32. The number of rotatable bonds is 6. The zero-order valence-electron chi connectivity index (χ0n) is 20.8. The summed E-state index contributed by atoms with van der Waals surface area (Å²) in [5, 5.41) is 11.7. The molecule has 0 saturated heterocycles. The van der Waals surface area contributed by atoms with Crippen LogP contribution in [0.5, 0.6) is 17.2 Å². The number of amides is 1. The van der Waals surface area contributed by atoms with Crippen LogP contribution in [0.2, 0.25) is 5.02 Å². The lowest BCUT2D eigenvalue weighted by Crippen LogP contribution is -2.18. The minimum atomic E-state index is -4.45. The Labute approximate surface area is 235 Å². The van der Waals surface area contributed by atoms with Gasteiger partial charge in [-0.15, -0.1) is 0 Å². The number of benzene rings is 3. The lowest BCUT2D eigenvalue weighted by molar-refractivity contribution is -0.137. The van der Waals surface area contributed by atoms with E-state index in [0.29, 0.717) is 34.7 Å². The molecule has 13 heteroatoms. The van der Waals surface area contributed by atoms with Crippen molar-refractivity contribution in [2.45, 2.75) is 18.7 Å². The van der Waals surface area contributed by atoms with Gasteiger partial charge in [0, 0.05) is 35.4 Å². The molecule has 1 aromatic heterocycles. The van der Waals surface area contributed by atoms with E-state index >= 15 is 0 Å². The van der Waals surface area contributed by atoms with Crippen LogP contribution in [0.15, 0.2) is 72.9 Å². The number of hydrogen-bond acceptors (Lipinski definition) is 7. The first-order chi connectivity index (χ1) is 19.6.